The molecule has 1 aromatic heterocycles. The molecule has 6 rings (SSSR count). The number of anilines is 1. The van der Waals surface area contributed by atoms with Crippen LogP contribution < -0.4 is 11.1 Å². The zero-order chi connectivity index (χ0) is 32.8. The Morgan fingerprint density at radius 1 is 0.979 bits per heavy atom. The first-order valence-corrected chi connectivity index (χ1v) is 16.7. The zero-order valence-electron chi connectivity index (χ0n) is 25.0. The van der Waals surface area contributed by atoms with Crippen LogP contribution in [0.5, 0.6) is 0 Å². The lowest BCUT2D eigenvalue weighted by molar-refractivity contribution is -0.154. The van der Waals surface area contributed by atoms with Crippen molar-refractivity contribution in [2.75, 3.05) is 11.5 Å². The Bertz CT molecular complexity index is 1790. The normalized spacial score (nSPS) is 17.3. The molecular weight excluding hydrogens is 637 g/mol. The van der Waals surface area contributed by atoms with E-state index in [4.69, 9.17) is 15.2 Å². The number of benzene rings is 3. The van der Waals surface area contributed by atoms with Crippen molar-refractivity contribution in [2.45, 2.75) is 30.5 Å². The fourth-order valence-corrected chi connectivity index (χ4v) is 6.97. The molecule has 0 unspecified atom stereocenters. The number of hydrogen-bond donors (Lipinski definition) is 2. The molecule has 2 amide bonds. The highest BCUT2D eigenvalue weighted by Crippen LogP contribution is 2.39. The van der Waals surface area contributed by atoms with E-state index in [0.29, 0.717) is 5.75 Å². The number of carbonyl (C=O) groups excluding carboxylic acids is 4. The number of amides is 2. The molecular formula is C35H30N4O6S2. The first-order valence-electron chi connectivity index (χ1n) is 14.8. The van der Waals surface area contributed by atoms with Crippen molar-refractivity contribution < 1.29 is 28.7 Å². The zero-order valence-corrected chi connectivity index (χ0v) is 26.6. The van der Waals surface area contributed by atoms with Gasteiger partial charge < -0.3 is 20.5 Å². The lowest BCUT2D eigenvalue weighted by Crippen LogP contribution is -2.70. The molecule has 10 nitrogen and oxygen atoms in total. The van der Waals surface area contributed by atoms with Gasteiger partial charge in [0.25, 0.3) is 11.8 Å². The number of nitrogens with two attached hydrogens (primary N) is 1. The number of β-lactam (4-membered cyclic amide) rings is 1. The summed E-state index contributed by atoms with van der Waals surface area (Å²) in [4.78, 5) is 58.6. The summed E-state index contributed by atoms with van der Waals surface area (Å²) in [6, 6.07) is 27.1. The molecule has 47 heavy (non-hydrogen) atoms. The maximum absolute atomic E-state index is 13.6. The maximum Gasteiger partial charge on any atom is 0.355 e. The van der Waals surface area contributed by atoms with Crippen LogP contribution in [-0.4, -0.2) is 50.8 Å². The Hall–Kier alpha value is -5.20. The molecule has 3 heterocycles. The molecule has 0 bridgehead atoms. The van der Waals surface area contributed by atoms with E-state index in [2.05, 4.69) is 10.3 Å². The summed E-state index contributed by atoms with van der Waals surface area (Å²) in [6.45, 7) is 0.0970. The second-order valence-electron chi connectivity index (χ2n) is 10.6. The maximum atomic E-state index is 13.6. The number of ether oxygens (including phenoxy) is 2. The lowest BCUT2D eigenvalue weighted by atomic mass is 10.0. The predicted molar refractivity (Wildman–Crippen MR) is 179 cm³/mol. The van der Waals surface area contributed by atoms with Crippen LogP contribution in [0.2, 0.25) is 0 Å². The second kappa shape index (κ2) is 14.5. The number of thiazole rings is 1. The van der Waals surface area contributed by atoms with Gasteiger partial charge in [-0.15, -0.1) is 23.1 Å². The highest BCUT2D eigenvalue weighted by Gasteiger charge is 2.53. The van der Waals surface area contributed by atoms with Crippen LogP contribution in [0.15, 0.2) is 114 Å². The molecule has 4 aromatic rings. The molecule has 2 atom stereocenters. The number of carbonyl (C=O) groups is 4. The van der Waals surface area contributed by atoms with Crippen molar-refractivity contribution in [3.8, 4) is 0 Å². The molecule has 3 N–H and O–H groups in total. The summed E-state index contributed by atoms with van der Waals surface area (Å²) in [5.74, 6) is -1.79. The number of nitrogens with zero attached hydrogens (tertiary/aromatic N) is 2. The van der Waals surface area contributed by atoms with Crippen molar-refractivity contribution >= 4 is 57.6 Å². The minimum absolute atomic E-state index is 0.0883. The van der Waals surface area contributed by atoms with Gasteiger partial charge in [0.1, 0.15) is 23.7 Å². The summed E-state index contributed by atoms with van der Waals surface area (Å²) in [5, 5.41) is 4.11. The minimum atomic E-state index is -0.910. The molecule has 1 saturated heterocycles. The molecule has 0 radical (unpaired) electrons. The number of rotatable bonds is 11. The summed E-state index contributed by atoms with van der Waals surface area (Å²) in [6.07, 6.45) is 2.21. The van der Waals surface area contributed by atoms with Gasteiger partial charge in [-0.1, -0.05) is 97.1 Å². The topological polar surface area (TPSA) is 141 Å². The summed E-state index contributed by atoms with van der Waals surface area (Å²) >= 11 is 2.56. The van der Waals surface area contributed by atoms with Crippen molar-refractivity contribution in [2.24, 2.45) is 0 Å². The first kappa shape index (κ1) is 31.8. The largest absolute Gasteiger partial charge is 0.461 e. The number of hydrogen-bond acceptors (Lipinski definition) is 10. The Labute approximate surface area is 279 Å². The van der Waals surface area contributed by atoms with Crippen LogP contribution in [0.4, 0.5) is 5.13 Å². The van der Waals surface area contributed by atoms with Crippen molar-refractivity contribution in [1.29, 1.82) is 0 Å². The van der Waals surface area contributed by atoms with Gasteiger partial charge in [-0.05, 0) is 22.8 Å². The average molecular weight is 667 g/mol. The van der Waals surface area contributed by atoms with Gasteiger partial charge in [0, 0.05) is 11.1 Å². The molecule has 1 fully saturated rings. The third-order valence-corrected chi connectivity index (χ3v) is 9.39. The van der Waals surface area contributed by atoms with Gasteiger partial charge in [0.05, 0.1) is 17.7 Å². The van der Waals surface area contributed by atoms with E-state index in [1.807, 2.05) is 91.0 Å². The number of fused-ring (bicyclic) bond motifs is 1. The van der Waals surface area contributed by atoms with Gasteiger partial charge >= 0.3 is 11.9 Å². The summed E-state index contributed by atoms with van der Waals surface area (Å²) < 4.78 is 11.4. The van der Waals surface area contributed by atoms with Crippen LogP contribution >= 0.6 is 23.1 Å². The van der Waals surface area contributed by atoms with E-state index in [0.717, 1.165) is 28.0 Å². The van der Waals surface area contributed by atoms with Crippen molar-refractivity contribution in [3.63, 3.8) is 0 Å². The summed E-state index contributed by atoms with van der Waals surface area (Å²) in [7, 11) is 0. The molecule has 0 spiro atoms. The van der Waals surface area contributed by atoms with E-state index in [1.165, 1.54) is 22.7 Å². The molecule has 3 aromatic carbocycles. The monoisotopic (exact) mass is 666 g/mol. The quantitative estimate of drug-likeness (QED) is 0.130. The average Bonchev–Trinajstić information content (AvgIpc) is 3.54. The van der Waals surface area contributed by atoms with E-state index in [1.54, 1.807) is 11.5 Å². The first-order chi connectivity index (χ1) is 22.9. The Kier molecular flexibility index (Phi) is 9.79. The standard InChI is InChI=1S/C35H30N4O6S2/c36-35-37-26(21-47-35)25(16-17-28(40)44-20-22-10-4-1-5-11-22)31(41)38-29-32(42)39-27(18-19-46-33(29)39)34(43)45-30(23-12-6-2-7-13-23)24-14-8-3-9-15-24/h1-16,18,21,29-30,33H,17,19-20H2,(H2,36,37)(H,38,41)/t29-,33-/m1/s1. The Balaban J connectivity index is 1.13. The fourth-order valence-electron chi connectivity index (χ4n) is 5.21. The smallest absolute Gasteiger partial charge is 0.355 e. The number of nitrogen functional groups attached to an aromatic ring is 1. The predicted octanol–water partition coefficient (Wildman–Crippen LogP) is 4.86. The van der Waals surface area contributed by atoms with E-state index >= 15 is 0 Å². The van der Waals surface area contributed by atoms with Crippen LogP contribution in [0, 0.1) is 0 Å². The lowest BCUT2D eigenvalue weighted by Gasteiger charge is -2.48. The molecule has 2 aliphatic heterocycles. The molecule has 2 aliphatic rings. The minimum Gasteiger partial charge on any atom is -0.461 e. The number of thioether (sulfide) groups is 1. The highest BCUT2D eigenvalue weighted by molar-refractivity contribution is 8.00. The molecule has 238 valence electrons. The fraction of sp³-hybridized carbons (Fsp3) is 0.171. The molecule has 0 saturated carbocycles. The number of nitrogens with one attached hydrogen (secondary N) is 1. The van der Waals surface area contributed by atoms with Crippen LogP contribution in [0.1, 0.15) is 34.9 Å². The highest BCUT2D eigenvalue weighted by atomic mass is 32.2. The molecule has 0 aliphatic carbocycles. The van der Waals surface area contributed by atoms with E-state index in [-0.39, 0.29) is 35.1 Å². The van der Waals surface area contributed by atoms with E-state index in [9.17, 15) is 19.2 Å². The van der Waals surface area contributed by atoms with Crippen LogP contribution in [0.3, 0.4) is 0 Å². The van der Waals surface area contributed by atoms with Crippen LogP contribution in [0.25, 0.3) is 5.57 Å². The van der Waals surface area contributed by atoms with Gasteiger partial charge in [-0.25, -0.2) is 9.78 Å². The third kappa shape index (κ3) is 7.29. The van der Waals surface area contributed by atoms with Gasteiger partial charge in [0.15, 0.2) is 11.2 Å². The SMILES string of the molecule is Nc1nc(C(=CCC(=O)OCc2ccccc2)C(=O)N[C@@H]2C(=O)N3C(C(=O)OC(c4ccccc4)c4ccccc4)=CCS[C@H]23)cs1. The summed E-state index contributed by atoms with van der Waals surface area (Å²) in [5.41, 5.74) is 8.74. The van der Waals surface area contributed by atoms with E-state index < -0.39 is 41.3 Å². The van der Waals surface area contributed by atoms with Gasteiger partial charge in [-0.2, -0.15) is 0 Å². The Morgan fingerprint density at radius 2 is 1.62 bits per heavy atom. The second-order valence-corrected chi connectivity index (χ2v) is 12.7. The Morgan fingerprint density at radius 3 is 2.23 bits per heavy atom. The number of esters is 2. The van der Waals surface area contributed by atoms with Crippen molar-refractivity contribution in [1.82, 2.24) is 15.2 Å². The molecule has 12 heteroatoms. The van der Waals surface area contributed by atoms with Crippen LogP contribution in [-0.2, 0) is 35.3 Å². The number of aromatic nitrogens is 1. The van der Waals surface area contributed by atoms with Crippen molar-refractivity contribution in [3.05, 3.63) is 137 Å². The third-order valence-electron chi connectivity index (χ3n) is 7.53. The van der Waals surface area contributed by atoms with Gasteiger partial charge in [0.2, 0.25) is 0 Å². The van der Waals surface area contributed by atoms with Gasteiger partial charge in [-0.3, -0.25) is 19.3 Å².